The number of ether oxygens (including phenoxy) is 2. The minimum absolute atomic E-state index is 0. The Kier molecular flexibility index (Phi) is 10.2. The van der Waals surface area contributed by atoms with Crippen molar-refractivity contribution >= 4 is 41.3 Å². The Morgan fingerprint density at radius 3 is 2.90 bits per heavy atom. The van der Waals surface area contributed by atoms with Crippen LogP contribution in [0.2, 0.25) is 0 Å². The van der Waals surface area contributed by atoms with E-state index >= 15 is 0 Å². The van der Waals surface area contributed by atoms with Gasteiger partial charge in [-0.2, -0.15) is 0 Å². The van der Waals surface area contributed by atoms with Gasteiger partial charge < -0.3 is 20.1 Å². The van der Waals surface area contributed by atoms with Gasteiger partial charge in [-0.15, -0.1) is 35.3 Å². The van der Waals surface area contributed by atoms with E-state index in [9.17, 15) is 0 Å². The van der Waals surface area contributed by atoms with Crippen molar-refractivity contribution in [2.45, 2.75) is 46.3 Å². The van der Waals surface area contributed by atoms with E-state index in [4.69, 9.17) is 14.5 Å². The van der Waals surface area contributed by atoms with Crippen LogP contribution in [-0.2, 0) is 17.7 Å². The van der Waals surface area contributed by atoms with E-state index in [2.05, 4.69) is 53.0 Å². The molecule has 2 N–H and O–H groups in total. The molecule has 0 saturated carbocycles. The molecule has 1 aromatic carbocycles. The number of hydrogen-bond acceptors (Lipinski definition) is 5. The molecule has 3 rings (SSSR count). The predicted molar refractivity (Wildman–Crippen MR) is 130 cm³/mol. The lowest BCUT2D eigenvalue weighted by Gasteiger charge is -2.16. The van der Waals surface area contributed by atoms with E-state index in [1.54, 1.807) is 11.3 Å². The van der Waals surface area contributed by atoms with Crippen LogP contribution in [0.15, 0.2) is 28.6 Å². The minimum atomic E-state index is 0. The number of aryl methyl sites for hydroxylation is 2. The zero-order chi connectivity index (χ0) is 19.8. The van der Waals surface area contributed by atoms with Crippen molar-refractivity contribution in [1.82, 2.24) is 15.6 Å². The first-order valence-electron chi connectivity index (χ1n) is 9.91. The van der Waals surface area contributed by atoms with Crippen molar-refractivity contribution in [3.05, 3.63) is 45.4 Å². The second kappa shape index (κ2) is 12.3. The summed E-state index contributed by atoms with van der Waals surface area (Å²) in [5.41, 5.74) is 3.40. The number of halogens is 1. The third kappa shape index (κ3) is 7.75. The lowest BCUT2D eigenvalue weighted by atomic mass is 10.1. The molecule has 1 unspecified atom stereocenters. The summed E-state index contributed by atoms with van der Waals surface area (Å²) >= 11 is 1.69. The highest BCUT2D eigenvalue weighted by Gasteiger charge is 2.18. The summed E-state index contributed by atoms with van der Waals surface area (Å²) in [4.78, 5) is 9.26. The molecule has 0 radical (unpaired) electrons. The van der Waals surface area contributed by atoms with Crippen molar-refractivity contribution in [2.75, 3.05) is 26.3 Å². The van der Waals surface area contributed by atoms with Crippen LogP contribution in [0.5, 0.6) is 5.75 Å². The number of guanidine groups is 1. The summed E-state index contributed by atoms with van der Waals surface area (Å²) in [5.74, 6) is 1.72. The fourth-order valence-electron chi connectivity index (χ4n) is 3.03. The zero-order valence-corrected chi connectivity index (χ0v) is 20.5. The van der Waals surface area contributed by atoms with Crippen molar-refractivity contribution < 1.29 is 9.47 Å². The van der Waals surface area contributed by atoms with Gasteiger partial charge in [-0.25, -0.2) is 9.98 Å². The Labute approximate surface area is 194 Å². The molecule has 2 aromatic rings. The van der Waals surface area contributed by atoms with Crippen LogP contribution in [-0.4, -0.2) is 43.4 Å². The lowest BCUT2D eigenvalue weighted by molar-refractivity contribution is 0.140. The van der Waals surface area contributed by atoms with Gasteiger partial charge in [0.05, 0.1) is 30.5 Å². The monoisotopic (exact) mass is 530 g/mol. The molecule has 1 aromatic heterocycles. The van der Waals surface area contributed by atoms with Crippen LogP contribution in [0.25, 0.3) is 0 Å². The van der Waals surface area contributed by atoms with E-state index in [0.29, 0.717) is 13.2 Å². The Morgan fingerprint density at radius 1 is 1.34 bits per heavy atom. The molecule has 160 valence electrons. The number of nitrogens with one attached hydrogen (secondary N) is 2. The van der Waals surface area contributed by atoms with Crippen LogP contribution in [0.1, 0.15) is 35.2 Å². The van der Waals surface area contributed by atoms with Crippen LogP contribution in [0.4, 0.5) is 0 Å². The molecule has 1 atom stereocenters. The number of rotatable bonds is 8. The highest BCUT2D eigenvalue weighted by molar-refractivity contribution is 14.0. The topological polar surface area (TPSA) is 67.8 Å². The average molecular weight is 530 g/mol. The minimum Gasteiger partial charge on any atom is -0.488 e. The van der Waals surface area contributed by atoms with Gasteiger partial charge in [0, 0.05) is 36.9 Å². The van der Waals surface area contributed by atoms with Crippen LogP contribution in [0, 0.1) is 13.8 Å². The van der Waals surface area contributed by atoms with Crippen LogP contribution >= 0.6 is 35.3 Å². The highest BCUT2D eigenvalue weighted by atomic mass is 127. The summed E-state index contributed by atoms with van der Waals surface area (Å²) in [6, 6.07) is 6.30. The molecule has 2 heterocycles. The zero-order valence-electron chi connectivity index (χ0n) is 17.4. The molecule has 6 nitrogen and oxygen atoms in total. The van der Waals surface area contributed by atoms with Gasteiger partial charge in [-0.05, 0) is 32.4 Å². The summed E-state index contributed by atoms with van der Waals surface area (Å²) in [7, 11) is 0. The molecule has 29 heavy (non-hydrogen) atoms. The van der Waals surface area contributed by atoms with Crippen molar-refractivity contribution in [3.8, 4) is 5.75 Å². The second-order valence-corrected chi connectivity index (χ2v) is 8.01. The predicted octanol–water partition coefficient (Wildman–Crippen LogP) is 3.84. The summed E-state index contributed by atoms with van der Waals surface area (Å²) in [5, 5.41) is 9.93. The standard InChI is InChI=1S/C21H30N4O2S.HI/c1-4-22-21(23-9-7-18-14-28-16(3)25-18)24-12-17-6-5-15(2)11-20(17)27-19-8-10-26-13-19;/h5-6,11,14,19H,4,7-10,12-13H2,1-3H3,(H2,22,23,24);1H. The molecule has 0 aliphatic carbocycles. The quantitative estimate of drug-likeness (QED) is 0.309. The second-order valence-electron chi connectivity index (χ2n) is 6.94. The Balaban J connectivity index is 0.00000300. The molecular formula is C21H31IN4O2S. The first-order valence-corrected chi connectivity index (χ1v) is 10.8. The van der Waals surface area contributed by atoms with E-state index < -0.39 is 0 Å². The molecule has 8 heteroatoms. The molecular weight excluding hydrogens is 499 g/mol. The van der Waals surface area contributed by atoms with Gasteiger partial charge >= 0.3 is 0 Å². The first kappa shape index (κ1) is 23.9. The van der Waals surface area contributed by atoms with Crippen molar-refractivity contribution in [1.29, 1.82) is 0 Å². The number of benzene rings is 1. The van der Waals surface area contributed by atoms with Crippen LogP contribution in [0.3, 0.4) is 0 Å². The molecule has 1 aliphatic rings. The van der Waals surface area contributed by atoms with Gasteiger partial charge in [0.25, 0.3) is 0 Å². The third-order valence-electron chi connectivity index (χ3n) is 4.50. The van der Waals surface area contributed by atoms with E-state index in [-0.39, 0.29) is 30.1 Å². The smallest absolute Gasteiger partial charge is 0.191 e. The van der Waals surface area contributed by atoms with Gasteiger partial charge in [0.2, 0.25) is 0 Å². The Hall–Kier alpha value is -1.39. The van der Waals surface area contributed by atoms with Gasteiger partial charge in [-0.3, -0.25) is 0 Å². The first-order chi connectivity index (χ1) is 13.6. The number of nitrogens with zero attached hydrogens (tertiary/aromatic N) is 2. The Bertz CT molecular complexity index is 791. The third-order valence-corrected chi connectivity index (χ3v) is 5.32. The average Bonchev–Trinajstić information content (AvgIpc) is 3.32. The summed E-state index contributed by atoms with van der Waals surface area (Å²) < 4.78 is 11.6. The van der Waals surface area contributed by atoms with E-state index in [1.807, 2.05) is 6.92 Å². The van der Waals surface area contributed by atoms with Crippen molar-refractivity contribution in [2.24, 2.45) is 4.99 Å². The number of aliphatic imine (C=N–C) groups is 1. The molecule has 0 amide bonds. The lowest BCUT2D eigenvalue weighted by Crippen LogP contribution is -2.38. The Morgan fingerprint density at radius 2 is 2.21 bits per heavy atom. The summed E-state index contributed by atoms with van der Waals surface area (Å²) in [6.45, 7) is 9.80. The van der Waals surface area contributed by atoms with E-state index in [1.165, 1.54) is 5.56 Å². The molecule has 1 aliphatic heterocycles. The maximum Gasteiger partial charge on any atom is 0.191 e. The maximum absolute atomic E-state index is 6.18. The fraction of sp³-hybridized carbons (Fsp3) is 0.524. The van der Waals surface area contributed by atoms with E-state index in [0.717, 1.165) is 60.5 Å². The number of hydrogen-bond donors (Lipinski definition) is 2. The van der Waals surface area contributed by atoms with Gasteiger partial charge in [0.15, 0.2) is 5.96 Å². The number of thiazole rings is 1. The highest BCUT2D eigenvalue weighted by Crippen LogP contribution is 2.24. The molecule has 1 fully saturated rings. The maximum atomic E-state index is 6.18. The normalized spacial score (nSPS) is 16.4. The SMILES string of the molecule is CCNC(=NCc1ccc(C)cc1OC1CCOC1)NCCc1csc(C)n1.I. The largest absolute Gasteiger partial charge is 0.488 e. The van der Waals surface area contributed by atoms with Gasteiger partial charge in [-0.1, -0.05) is 12.1 Å². The number of aromatic nitrogens is 1. The van der Waals surface area contributed by atoms with Gasteiger partial charge in [0.1, 0.15) is 11.9 Å². The molecule has 0 bridgehead atoms. The summed E-state index contributed by atoms with van der Waals surface area (Å²) in [6.07, 6.45) is 1.96. The fourth-order valence-corrected chi connectivity index (χ4v) is 3.67. The molecule has 0 spiro atoms. The van der Waals surface area contributed by atoms with Crippen molar-refractivity contribution in [3.63, 3.8) is 0 Å². The van der Waals surface area contributed by atoms with Crippen LogP contribution < -0.4 is 15.4 Å². The molecule has 1 saturated heterocycles.